The Bertz CT molecular complexity index is 812. The molecule has 24 heavy (non-hydrogen) atoms. The van der Waals surface area contributed by atoms with Gasteiger partial charge in [0.1, 0.15) is 6.10 Å². The van der Waals surface area contributed by atoms with Crippen LogP contribution in [0.3, 0.4) is 0 Å². The quantitative estimate of drug-likeness (QED) is 0.682. The first kappa shape index (κ1) is 16.5. The van der Waals surface area contributed by atoms with Crippen molar-refractivity contribution in [2.75, 3.05) is 19.1 Å². The van der Waals surface area contributed by atoms with Gasteiger partial charge in [-0.2, -0.15) is 4.98 Å². The third-order valence-electron chi connectivity index (χ3n) is 3.70. The van der Waals surface area contributed by atoms with E-state index in [0.29, 0.717) is 23.3 Å². The number of hydrogen-bond acceptors (Lipinski definition) is 7. The molecule has 0 aliphatic rings. The van der Waals surface area contributed by atoms with Crippen LogP contribution in [0.4, 0.5) is 5.13 Å². The zero-order valence-corrected chi connectivity index (χ0v) is 14.5. The highest BCUT2D eigenvalue weighted by Crippen LogP contribution is 2.28. The molecule has 0 saturated carbocycles. The molecule has 0 aliphatic heterocycles. The average molecular weight is 346 g/mol. The number of amides is 1. The van der Waals surface area contributed by atoms with Crippen molar-refractivity contribution in [2.24, 2.45) is 0 Å². The Balaban J connectivity index is 1.62. The molecule has 3 rings (SSSR count). The molecule has 2 aromatic heterocycles. The van der Waals surface area contributed by atoms with Gasteiger partial charge in [-0.3, -0.25) is 9.69 Å². The molecule has 126 valence electrons. The van der Waals surface area contributed by atoms with E-state index in [0.717, 1.165) is 10.2 Å². The molecule has 3 aromatic rings. The van der Waals surface area contributed by atoms with Crippen molar-refractivity contribution < 1.29 is 14.1 Å². The topological polar surface area (TPSA) is 81.4 Å². The Morgan fingerprint density at radius 1 is 1.38 bits per heavy atom. The first-order valence-electron chi connectivity index (χ1n) is 7.56. The van der Waals surface area contributed by atoms with Crippen LogP contribution in [0, 0.1) is 0 Å². The molecule has 0 radical (unpaired) electrons. The maximum atomic E-state index is 12.4. The first-order chi connectivity index (χ1) is 11.6. The molecular weight excluding hydrogens is 328 g/mol. The van der Waals surface area contributed by atoms with E-state index in [1.165, 1.54) is 11.3 Å². The number of carbonyl (C=O) groups excluding carboxylic acids is 1. The van der Waals surface area contributed by atoms with E-state index in [-0.39, 0.29) is 18.4 Å². The van der Waals surface area contributed by atoms with Gasteiger partial charge < -0.3 is 9.26 Å². The largest absolute Gasteiger partial charge is 0.374 e. The number of benzene rings is 1. The number of thiazole rings is 1. The SMILES string of the molecule is CO[C@H](C)c1noc(CCC(=O)N(C)c2nc3ccccc3s2)n1. The molecule has 1 aromatic carbocycles. The third kappa shape index (κ3) is 3.44. The van der Waals surface area contributed by atoms with Crippen molar-refractivity contribution in [3.8, 4) is 0 Å². The number of anilines is 1. The maximum Gasteiger partial charge on any atom is 0.229 e. The summed E-state index contributed by atoms with van der Waals surface area (Å²) in [5, 5.41) is 4.53. The molecule has 1 amide bonds. The van der Waals surface area contributed by atoms with E-state index in [9.17, 15) is 4.79 Å². The van der Waals surface area contributed by atoms with Crippen LogP contribution in [0.5, 0.6) is 0 Å². The number of fused-ring (bicyclic) bond motifs is 1. The van der Waals surface area contributed by atoms with Gasteiger partial charge in [-0.05, 0) is 19.1 Å². The smallest absolute Gasteiger partial charge is 0.229 e. The van der Waals surface area contributed by atoms with Gasteiger partial charge in [-0.15, -0.1) is 0 Å². The van der Waals surface area contributed by atoms with Crippen molar-refractivity contribution in [1.29, 1.82) is 0 Å². The van der Waals surface area contributed by atoms with Gasteiger partial charge in [0.2, 0.25) is 11.8 Å². The fourth-order valence-electron chi connectivity index (χ4n) is 2.13. The van der Waals surface area contributed by atoms with Crippen LogP contribution < -0.4 is 4.90 Å². The molecule has 0 spiro atoms. The normalized spacial score (nSPS) is 12.5. The molecular formula is C16H18N4O3S. The summed E-state index contributed by atoms with van der Waals surface area (Å²) in [5.74, 6) is 0.869. The number of aryl methyl sites for hydroxylation is 1. The fraction of sp³-hybridized carbons (Fsp3) is 0.375. The predicted octanol–water partition coefficient (Wildman–Crippen LogP) is 2.98. The first-order valence-corrected chi connectivity index (χ1v) is 8.37. The molecule has 2 heterocycles. The van der Waals surface area contributed by atoms with E-state index >= 15 is 0 Å². The summed E-state index contributed by atoms with van der Waals surface area (Å²) in [4.78, 5) is 22.7. The van der Waals surface area contributed by atoms with Crippen LogP contribution in [-0.4, -0.2) is 35.2 Å². The highest BCUT2D eigenvalue weighted by molar-refractivity contribution is 7.22. The zero-order chi connectivity index (χ0) is 17.1. The summed E-state index contributed by atoms with van der Waals surface area (Å²) in [6, 6.07) is 7.82. The van der Waals surface area contributed by atoms with Crippen LogP contribution in [-0.2, 0) is 16.0 Å². The summed E-state index contributed by atoms with van der Waals surface area (Å²) >= 11 is 1.49. The number of aromatic nitrogens is 3. The van der Waals surface area contributed by atoms with Gasteiger partial charge in [0.25, 0.3) is 0 Å². The Kier molecular flexibility index (Phi) is 4.86. The van der Waals surface area contributed by atoms with Crippen molar-refractivity contribution in [3.05, 3.63) is 36.0 Å². The lowest BCUT2D eigenvalue weighted by molar-refractivity contribution is -0.118. The minimum atomic E-state index is -0.233. The Labute approximate surface area is 143 Å². The molecule has 0 N–H and O–H groups in total. The average Bonchev–Trinajstić information content (AvgIpc) is 3.24. The summed E-state index contributed by atoms with van der Waals surface area (Å²) < 4.78 is 11.3. The van der Waals surface area contributed by atoms with Crippen molar-refractivity contribution in [3.63, 3.8) is 0 Å². The Hall–Kier alpha value is -2.32. The standard InChI is InChI=1S/C16H18N4O3S/c1-10(22-3)15-18-13(23-19-15)8-9-14(21)20(2)16-17-11-6-4-5-7-12(11)24-16/h4-7,10H,8-9H2,1-3H3/t10-/m1/s1. The molecule has 0 bridgehead atoms. The van der Waals surface area contributed by atoms with E-state index < -0.39 is 0 Å². The maximum absolute atomic E-state index is 12.4. The molecule has 7 nitrogen and oxygen atoms in total. The van der Waals surface area contributed by atoms with Crippen LogP contribution in [0.25, 0.3) is 10.2 Å². The third-order valence-corrected chi connectivity index (χ3v) is 4.81. The summed E-state index contributed by atoms with van der Waals surface area (Å²) in [5.41, 5.74) is 0.896. The fourth-order valence-corrected chi connectivity index (χ4v) is 3.08. The van der Waals surface area contributed by atoms with E-state index in [4.69, 9.17) is 9.26 Å². The number of rotatable bonds is 6. The minimum Gasteiger partial charge on any atom is -0.374 e. The number of ether oxygens (including phenoxy) is 1. The second kappa shape index (κ2) is 7.06. The van der Waals surface area contributed by atoms with Crippen LogP contribution in [0.2, 0.25) is 0 Å². The second-order valence-corrected chi connectivity index (χ2v) is 6.35. The highest BCUT2D eigenvalue weighted by Gasteiger charge is 2.18. The van der Waals surface area contributed by atoms with Gasteiger partial charge >= 0.3 is 0 Å². The van der Waals surface area contributed by atoms with Gasteiger partial charge in [0, 0.05) is 27.0 Å². The Morgan fingerprint density at radius 2 is 2.17 bits per heavy atom. The van der Waals surface area contributed by atoms with E-state index in [2.05, 4.69) is 15.1 Å². The molecule has 0 saturated heterocycles. The molecule has 1 atom stereocenters. The lowest BCUT2D eigenvalue weighted by Crippen LogP contribution is -2.26. The van der Waals surface area contributed by atoms with Gasteiger partial charge in [0.05, 0.1) is 10.2 Å². The van der Waals surface area contributed by atoms with Gasteiger partial charge in [-0.1, -0.05) is 28.6 Å². The lowest BCUT2D eigenvalue weighted by atomic mass is 10.3. The number of nitrogens with zero attached hydrogens (tertiary/aromatic N) is 4. The van der Waals surface area contributed by atoms with Crippen molar-refractivity contribution >= 4 is 32.6 Å². The predicted molar refractivity (Wildman–Crippen MR) is 91.1 cm³/mol. The summed E-state index contributed by atoms with van der Waals surface area (Å²) in [6.07, 6.45) is 0.427. The number of methoxy groups -OCH3 is 1. The second-order valence-electron chi connectivity index (χ2n) is 5.34. The highest BCUT2D eigenvalue weighted by atomic mass is 32.1. The molecule has 8 heteroatoms. The van der Waals surface area contributed by atoms with Crippen LogP contribution in [0.15, 0.2) is 28.8 Å². The van der Waals surface area contributed by atoms with Crippen molar-refractivity contribution in [2.45, 2.75) is 25.9 Å². The minimum absolute atomic E-state index is 0.0476. The van der Waals surface area contributed by atoms with Crippen molar-refractivity contribution in [1.82, 2.24) is 15.1 Å². The summed E-state index contributed by atoms with van der Waals surface area (Å²) in [7, 11) is 3.31. The number of hydrogen-bond donors (Lipinski definition) is 0. The lowest BCUT2D eigenvalue weighted by Gasteiger charge is -2.12. The molecule has 0 unspecified atom stereocenters. The molecule has 0 fully saturated rings. The van der Waals surface area contributed by atoms with Gasteiger partial charge in [0.15, 0.2) is 11.0 Å². The zero-order valence-electron chi connectivity index (χ0n) is 13.7. The monoisotopic (exact) mass is 346 g/mol. The Morgan fingerprint density at radius 3 is 2.92 bits per heavy atom. The van der Waals surface area contributed by atoms with Crippen LogP contribution in [0.1, 0.15) is 31.2 Å². The number of carbonyl (C=O) groups is 1. The number of para-hydroxylation sites is 1. The van der Waals surface area contributed by atoms with E-state index in [1.54, 1.807) is 19.1 Å². The van der Waals surface area contributed by atoms with Crippen LogP contribution >= 0.6 is 11.3 Å². The molecule has 0 aliphatic carbocycles. The van der Waals surface area contributed by atoms with Gasteiger partial charge in [-0.25, -0.2) is 4.98 Å². The summed E-state index contributed by atoms with van der Waals surface area (Å²) in [6.45, 7) is 1.83. The van der Waals surface area contributed by atoms with E-state index in [1.807, 2.05) is 31.2 Å².